The van der Waals surface area contributed by atoms with Gasteiger partial charge in [-0.1, -0.05) is 0 Å². The minimum Gasteiger partial charge on any atom is -0.393 e. The molecule has 0 radical (unpaired) electrons. The molecule has 0 aromatic carbocycles. The molecule has 0 saturated heterocycles. The van der Waals surface area contributed by atoms with Gasteiger partial charge in [-0.05, 0) is 53.7 Å². The second-order valence-corrected chi connectivity index (χ2v) is 6.49. The van der Waals surface area contributed by atoms with Crippen molar-refractivity contribution in [1.82, 2.24) is 0 Å². The molecular formula is C11H15BrO2S. The van der Waals surface area contributed by atoms with Crippen LogP contribution < -0.4 is 0 Å². The fraction of sp³-hybridized carbons (Fsp3) is 0.636. The third-order valence-electron chi connectivity index (χ3n) is 2.73. The summed E-state index contributed by atoms with van der Waals surface area (Å²) in [7, 11) is 0. The van der Waals surface area contributed by atoms with E-state index in [1.807, 2.05) is 6.07 Å². The highest BCUT2D eigenvalue weighted by Crippen LogP contribution is 2.25. The lowest BCUT2D eigenvalue weighted by Gasteiger charge is -2.25. The van der Waals surface area contributed by atoms with E-state index >= 15 is 0 Å². The number of hydrogen-bond acceptors (Lipinski definition) is 3. The molecule has 0 atom stereocenters. The monoisotopic (exact) mass is 290 g/mol. The van der Waals surface area contributed by atoms with Crippen LogP contribution in [-0.2, 0) is 11.3 Å². The van der Waals surface area contributed by atoms with E-state index in [0.29, 0.717) is 12.7 Å². The number of thiophene rings is 1. The van der Waals surface area contributed by atoms with Gasteiger partial charge in [-0.3, -0.25) is 0 Å². The highest BCUT2D eigenvalue weighted by Gasteiger charge is 2.19. The molecular weight excluding hydrogens is 276 g/mol. The van der Waals surface area contributed by atoms with Crippen molar-refractivity contribution in [2.75, 3.05) is 0 Å². The second-order valence-electron chi connectivity index (χ2n) is 3.95. The van der Waals surface area contributed by atoms with Gasteiger partial charge in [0.1, 0.15) is 0 Å². The van der Waals surface area contributed by atoms with Crippen LogP contribution in [0.15, 0.2) is 15.9 Å². The number of halogens is 1. The average Bonchev–Trinajstić information content (AvgIpc) is 2.64. The molecule has 1 aliphatic carbocycles. The summed E-state index contributed by atoms with van der Waals surface area (Å²) < 4.78 is 6.96. The highest BCUT2D eigenvalue weighted by molar-refractivity contribution is 9.11. The summed E-state index contributed by atoms with van der Waals surface area (Å²) in [4.78, 5) is 1.26. The van der Waals surface area contributed by atoms with Crippen molar-refractivity contribution in [1.29, 1.82) is 0 Å². The van der Waals surface area contributed by atoms with E-state index in [9.17, 15) is 5.11 Å². The van der Waals surface area contributed by atoms with Gasteiger partial charge in [-0.2, -0.15) is 0 Å². The van der Waals surface area contributed by atoms with Crippen molar-refractivity contribution in [3.8, 4) is 0 Å². The van der Waals surface area contributed by atoms with Gasteiger partial charge >= 0.3 is 0 Å². The van der Waals surface area contributed by atoms with Gasteiger partial charge < -0.3 is 9.84 Å². The van der Waals surface area contributed by atoms with Crippen molar-refractivity contribution in [3.63, 3.8) is 0 Å². The Morgan fingerprint density at radius 3 is 2.67 bits per heavy atom. The van der Waals surface area contributed by atoms with Crippen LogP contribution in [0.25, 0.3) is 0 Å². The number of rotatable bonds is 3. The molecule has 0 amide bonds. The van der Waals surface area contributed by atoms with Gasteiger partial charge in [0, 0.05) is 4.88 Å². The largest absolute Gasteiger partial charge is 0.393 e. The lowest BCUT2D eigenvalue weighted by Crippen LogP contribution is -2.24. The number of hydrogen-bond donors (Lipinski definition) is 1. The molecule has 0 aliphatic heterocycles. The fourth-order valence-corrected chi connectivity index (χ4v) is 3.25. The van der Waals surface area contributed by atoms with Crippen molar-refractivity contribution in [2.45, 2.75) is 44.5 Å². The predicted molar refractivity (Wildman–Crippen MR) is 65.1 cm³/mol. The fourth-order valence-electron chi connectivity index (χ4n) is 1.84. The molecule has 1 saturated carbocycles. The Labute approximate surface area is 102 Å². The minimum absolute atomic E-state index is 0.0965. The van der Waals surface area contributed by atoms with Gasteiger partial charge in [-0.25, -0.2) is 0 Å². The number of ether oxygens (including phenoxy) is 1. The first kappa shape index (κ1) is 11.6. The van der Waals surface area contributed by atoms with Crippen molar-refractivity contribution in [3.05, 3.63) is 20.8 Å². The first-order valence-corrected chi connectivity index (χ1v) is 6.89. The summed E-state index contributed by atoms with van der Waals surface area (Å²) in [5.41, 5.74) is 0. The molecule has 1 aromatic rings. The first-order chi connectivity index (χ1) is 7.24. The standard InChI is InChI=1S/C11H15BrO2S/c12-11-6-5-10(15-11)7-14-9-3-1-8(13)2-4-9/h5-6,8-9,13H,1-4,7H2. The maximum Gasteiger partial charge on any atom is 0.0813 e. The third-order valence-corrected chi connectivity index (χ3v) is 4.33. The second kappa shape index (κ2) is 5.43. The summed E-state index contributed by atoms with van der Waals surface area (Å²) >= 11 is 5.16. The molecule has 0 spiro atoms. The number of aliphatic hydroxyl groups excluding tert-OH is 1. The molecule has 1 aliphatic rings. The van der Waals surface area contributed by atoms with Crippen molar-refractivity contribution < 1.29 is 9.84 Å². The zero-order valence-electron chi connectivity index (χ0n) is 8.49. The molecule has 15 heavy (non-hydrogen) atoms. The third kappa shape index (κ3) is 3.55. The molecule has 1 heterocycles. The Morgan fingerprint density at radius 1 is 1.33 bits per heavy atom. The zero-order valence-corrected chi connectivity index (χ0v) is 10.9. The number of aliphatic hydroxyl groups is 1. The van der Waals surface area contributed by atoms with Gasteiger partial charge in [0.2, 0.25) is 0 Å². The smallest absolute Gasteiger partial charge is 0.0813 e. The Morgan fingerprint density at radius 2 is 2.07 bits per heavy atom. The lowest BCUT2D eigenvalue weighted by atomic mass is 9.95. The molecule has 0 bridgehead atoms. The van der Waals surface area contributed by atoms with Crippen LogP contribution in [0.1, 0.15) is 30.6 Å². The van der Waals surface area contributed by atoms with Crippen LogP contribution in [-0.4, -0.2) is 17.3 Å². The summed E-state index contributed by atoms with van der Waals surface area (Å²) in [5, 5.41) is 9.36. The SMILES string of the molecule is OC1CCC(OCc2ccc(Br)s2)CC1. The topological polar surface area (TPSA) is 29.5 Å². The molecule has 0 unspecified atom stereocenters. The van der Waals surface area contributed by atoms with E-state index in [4.69, 9.17) is 4.74 Å². The minimum atomic E-state index is -0.0965. The van der Waals surface area contributed by atoms with E-state index in [0.717, 1.165) is 29.5 Å². The quantitative estimate of drug-likeness (QED) is 0.925. The van der Waals surface area contributed by atoms with Crippen LogP contribution in [0, 0.1) is 0 Å². The maximum atomic E-state index is 9.36. The van der Waals surface area contributed by atoms with Gasteiger partial charge in [0.15, 0.2) is 0 Å². The average molecular weight is 291 g/mol. The van der Waals surface area contributed by atoms with E-state index in [2.05, 4.69) is 22.0 Å². The van der Waals surface area contributed by atoms with Crippen molar-refractivity contribution in [2.24, 2.45) is 0 Å². The zero-order chi connectivity index (χ0) is 10.7. The maximum absolute atomic E-state index is 9.36. The summed E-state index contributed by atoms with van der Waals surface area (Å²) in [6.07, 6.45) is 4.01. The normalized spacial score (nSPS) is 26.8. The van der Waals surface area contributed by atoms with Gasteiger partial charge in [0.25, 0.3) is 0 Å². The Hall–Kier alpha value is 0.1000. The van der Waals surface area contributed by atoms with Crippen molar-refractivity contribution >= 4 is 27.3 Å². The first-order valence-electron chi connectivity index (χ1n) is 5.28. The molecule has 84 valence electrons. The van der Waals surface area contributed by atoms with Crippen LogP contribution in [0.2, 0.25) is 0 Å². The lowest BCUT2D eigenvalue weighted by molar-refractivity contribution is -0.0109. The van der Waals surface area contributed by atoms with Crippen LogP contribution in [0.4, 0.5) is 0 Å². The van der Waals surface area contributed by atoms with Gasteiger partial charge in [0.05, 0.1) is 22.6 Å². The van der Waals surface area contributed by atoms with Crippen LogP contribution in [0.5, 0.6) is 0 Å². The molecule has 1 aromatic heterocycles. The molecule has 1 N–H and O–H groups in total. The van der Waals surface area contributed by atoms with Crippen LogP contribution >= 0.6 is 27.3 Å². The Kier molecular flexibility index (Phi) is 4.20. The Bertz CT molecular complexity index is 305. The van der Waals surface area contributed by atoms with E-state index in [1.165, 1.54) is 4.88 Å². The summed E-state index contributed by atoms with van der Waals surface area (Å²) in [6, 6.07) is 4.14. The molecule has 2 rings (SSSR count). The van der Waals surface area contributed by atoms with E-state index in [1.54, 1.807) is 11.3 Å². The molecule has 1 fully saturated rings. The Balaban J connectivity index is 1.74. The molecule has 2 nitrogen and oxygen atoms in total. The van der Waals surface area contributed by atoms with Crippen LogP contribution in [0.3, 0.4) is 0 Å². The summed E-state index contributed by atoms with van der Waals surface area (Å²) in [6.45, 7) is 0.705. The predicted octanol–water partition coefficient (Wildman–Crippen LogP) is 3.33. The summed E-state index contributed by atoms with van der Waals surface area (Å²) in [5.74, 6) is 0. The molecule has 4 heteroatoms. The highest BCUT2D eigenvalue weighted by atomic mass is 79.9. The van der Waals surface area contributed by atoms with E-state index < -0.39 is 0 Å². The van der Waals surface area contributed by atoms with E-state index in [-0.39, 0.29) is 6.10 Å². The van der Waals surface area contributed by atoms with Gasteiger partial charge in [-0.15, -0.1) is 11.3 Å².